The Bertz CT molecular complexity index is 294. The number of benzene rings is 1. The van der Waals surface area contributed by atoms with Crippen LogP contribution in [0.2, 0.25) is 0 Å². The largest absolute Gasteiger partial charge is 0.398 e. The molecule has 0 aliphatic carbocycles. The molecule has 0 aliphatic heterocycles. The Hall–Kier alpha value is -1.09. The van der Waals surface area contributed by atoms with Gasteiger partial charge in [-0.05, 0) is 18.6 Å². The van der Waals surface area contributed by atoms with Gasteiger partial charge in [0.1, 0.15) is 4.99 Å². The fourth-order valence-corrected chi connectivity index (χ4v) is 0.921. The van der Waals surface area contributed by atoms with Gasteiger partial charge in [0.15, 0.2) is 0 Å². The molecule has 3 heteroatoms. The standard InChI is InChI=1S/C8H10N2S/c1-5-2-3-6(8(10)11)4-7(5)9/h2-4H,9H2,1H3,(H2,10,11). The number of hydrogen-bond acceptors (Lipinski definition) is 2. The molecule has 0 spiro atoms. The molecule has 0 fully saturated rings. The van der Waals surface area contributed by atoms with Crippen LogP contribution in [0.3, 0.4) is 0 Å². The Morgan fingerprint density at radius 1 is 1.45 bits per heavy atom. The molecule has 4 N–H and O–H groups in total. The summed E-state index contributed by atoms with van der Waals surface area (Å²) in [6, 6.07) is 5.56. The van der Waals surface area contributed by atoms with Crippen LogP contribution in [0.1, 0.15) is 11.1 Å². The maximum Gasteiger partial charge on any atom is 0.104 e. The lowest BCUT2D eigenvalue weighted by Gasteiger charge is -2.02. The zero-order chi connectivity index (χ0) is 8.43. The van der Waals surface area contributed by atoms with Crippen molar-refractivity contribution < 1.29 is 0 Å². The third kappa shape index (κ3) is 1.68. The molecule has 11 heavy (non-hydrogen) atoms. The fraction of sp³-hybridized carbons (Fsp3) is 0.125. The summed E-state index contributed by atoms with van der Waals surface area (Å²) in [5.74, 6) is 0. The van der Waals surface area contributed by atoms with Crippen LogP contribution in [-0.4, -0.2) is 4.99 Å². The van der Waals surface area contributed by atoms with Crippen molar-refractivity contribution in [2.24, 2.45) is 5.73 Å². The van der Waals surface area contributed by atoms with Crippen molar-refractivity contribution >= 4 is 22.9 Å². The highest BCUT2D eigenvalue weighted by Gasteiger charge is 1.97. The number of thiocarbonyl (C=S) groups is 1. The van der Waals surface area contributed by atoms with Crippen molar-refractivity contribution in [2.75, 3.05) is 5.73 Å². The molecule has 1 rings (SSSR count). The minimum atomic E-state index is 0.386. The van der Waals surface area contributed by atoms with Gasteiger partial charge in [0.25, 0.3) is 0 Å². The molecule has 0 aliphatic rings. The van der Waals surface area contributed by atoms with E-state index in [-0.39, 0.29) is 0 Å². The molecule has 0 radical (unpaired) electrons. The van der Waals surface area contributed by atoms with E-state index in [0.717, 1.165) is 16.8 Å². The molecular weight excluding hydrogens is 156 g/mol. The van der Waals surface area contributed by atoms with Crippen LogP contribution >= 0.6 is 12.2 Å². The normalized spacial score (nSPS) is 9.55. The third-order valence-electron chi connectivity index (χ3n) is 1.56. The Morgan fingerprint density at radius 2 is 2.09 bits per heavy atom. The fourth-order valence-electron chi connectivity index (χ4n) is 0.794. The first-order valence-corrected chi connectivity index (χ1v) is 3.68. The van der Waals surface area contributed by atoms with Crippen LogP contribution < -0.4 is 11.5 Å². The molecule has 0 atom stereocenters. The maximum atomic E-state index is 5.64. The highest BCUT2D eigenvalue weighted by Crippen LogP contribution is 2.12. The van der Waals surface area contributed by atoms with Gasteiger partial charge in [-0.15, -0.1) is 0 Å². The zero-order valence-corrected chi connectivity index (χ0v) is 7.11. The molecule has 1 aromatic carbocycles. The van der Waals surface area contributed by atoms with E-state index in [1.165, 1.54) is 0 Å². The van der Waals surface area contributed by atoms with E-state index in [2.05, 4.69) is 0 Å². The molecule has 0 heterocycles. The lowest BCUT2D eigenvalue weighted by Crippen LogP contribution is -2.09. The number of nitrogen functional groups attached to an aromatic ring is 1. The van der Waals surface area contributed by atoms with Gasteiger partial charge in [-0.3, -0.25) is 0 Å². The van der Waals surface area contributed by atoms with Crippen LogP contribution in [0.4, 0.5) is 5.69 Å². The molecule has 0 unspecified atom stereocenters. The molecule has 58 valence electrons. The maximum absolute atomic E-state index is 5.64. The average Bonchev–Trinajstić information content (AvgIpc) is 1.94. The number of hydrogen-bond donors (Lipinski definition) is 2. The molecular formula is C8H10N2S. The van der Waals surface area contributed by atoms with E-state index in [1.807, 2.05) is 19.1 Å². The average molecular weight is 166 g/mol. The van der Waals surface area contributed by atoms with E-state index < -0.39 is 0 Å². The first kappa shape index (κ1) is 8.01. The SMILES string of the molecule is Cc1ccc(C(N)=S)cc1N. The van der Waals surface area contributed by atoms with Crippen molar-refractivity contribution in [3.05, 3.63) is 29.3 Å². The van der Waals surface area contributed by atoms with Crippen LogP contribution in [0.25, 0.3) is 0 Å². The van der Waals surface area contributed by atoms with Gasteiger partial charge < -0.3 is 11.5 Å². The van der Waals surface area contributed by atoms with Crippen LogP contribution in [0, 0.1) is 6.92 Å². The number of nitrogens with two attached hydrogens (primary N) is 2. The van der Waals surface area contributed by atoms with Gasteiger partial charge >= 0.3 is 0 Å². The van der Waals surface area contributed by atoms with Crippen molar-refractivity contribution in [2.45, 2.75) is 6.92 Å². The van der Waals surface area contributed by atoms with E-state index in [1.54, 1.807) is 6.07 Å². The zero-order valence-electron chi connectivity index (χ0n) is 6.29. The molecule has 0 amide bonds. The quantitative estimate of drug-likeness (QED) is 0.487. The second-order valence-corrected chi connectivity index (χ2v) is 2.88. The molecule has 0 saturated heterocycles. The van der Waals surface area contributed by atoms with Crippen molar-refractivity contribution in [1.82, 2.24) is 0 Å². The van der Waals surface area contributed by atoms with E-state index >= 15 is 0 Å². The summed E-state index contributed by atoms with van der Waals surface area (Å²) in [4.78, 5) is 0.386. The van der Waals surface area contributed by atoms with E-state index in [9.17, 15) is 0 Å². The highest BCUT2D eigenvalue weighted by molar-refractivity contribution is 7.80. The van der Waals surface area contributed by atoms with Crippen molar-refractivity contribution in [3.63, 3.8) is 0 Å². The monoisotopic (exact) mass is 166 g/mol. The highest BCUT2D eigenvalue weighted by atomic mass is 32.1. The molecule has 2 nitrogen and oxygen atoms in total. The summed E-state index contributed by atoms with van der Waals surface area (Å²) < 4.78 is 0. The molecule has 0 saturated carbocycles. The third-order valence-corrected chi connectivity index (χ3v) is 1.80. The lowest BCUT2D eigenvalue weighted by molar-refractivity contribution is 1.46. The first-order valence-electron chi connectivity index (χ1n) is 3.27. The Labute approximate surface area is 71.2 Å². The molecule has 1 aromatic rings. The molecule has 0 aromatic heterocycles. The van der Waals surface area contributed by atoms with Gasteiger partial charge in [0.05, 0.1) is 0 Å². The van der Waals surface area contributed by atoms with Gasteiger partial charge in [-0.25, -0.2) is 0 Å². The Balaban J connectivity index is 3.15. The smallest absolute Gasteiger partial charge is 0.104 e. The van der Waals surface area contributed by atoms with Crippen LogP contribution in [0.15, 0.2) is 18.2 Å². The second-order valence-electron chi connectivity index (χ2n) is 2.44. The minimum absolute atomic E-state index is 0.386. The summed E-state index contributed by atoms with van der Waals surface area (Å²) in [7, 11) is 0. The van der Waals surface area contributed by atoms with Crippen LogP contribution in [0.5, 0.6) is 0 Å². The summed E-state index contributed by atoms with van der Waals surface area (Å²) >= 11 is 4.79. The van der Waals surface area contributed by atoms with Gasteiger partial charge in [0, 0.05) is 11.3 Å². The summed E-state index contributed by atoms with van der Waals surface area (Å²) in [5, 5.41) is 0. The topological polar surface area (TPSA) is 52.0 Å². The van der Waals surface area contributed by atoms with Gasteiger partial charge in [-0.1, -0.05) is 24.4 Å². The second kappa shape index (κ2) is 2.88. The predicted molar refractivity (Wildman–Crippen MR) is 51.5 cm³/mol. The summed E-state index contributed by atoms with van der Waals surface area (Å²) in [5.41, 5.74) is 13.7. The number of rotatable bonds is 1. The van der Waals surface area contributed by atoms with Crippen LogP contribution in [-0.2, 0) is 0 Å². The van der Waals surface area contributed by atoms with Gasteiger partial charge in [-0.2, -0.15) is 0 Å². The predicted octanol–water partition coefficient (Wildman–Crippen LogP) is 1.21. The van der Waals surface area contributed by atoms with Crippen molar-refractivity contribution in [3.8, 4) is 0 Å². The summed E-state index contributed by atoms with van der Waals surface area (Å²) in [6.45, 7) is 1.94. The van der Waals surface area contributed by atoms with Gasteiger partial charge in [0.2, 0.25) is 0 Å². The van der Waals surface area contributed by atoms with E-state index in [0.29, 0.717) is 4.99 Å². The van der Waals surface area contributed by atoms with Crippen molar-refractivity contribution in [1.29, 1.82) is 0 Å². The first-order chi connectivity index (χ1) is 5.11. The molecule has 0 bridgehead atoms. The Morgan fingerprint density at radius 3 is 2.55 bits per heavy atom. The number of anilines is 1. The summed E-state index contributed by atoms with van der Waals surface area (Å²) in [6.07, 6.45) is 0. The minimum Gasteiger partial charge on any atom is -0.398 e. The lowest BCUT2D eigenvalue weighted by atomic mass is 10.1. The number of aryl methyl sites for hydroxylation is 1. The Kier molecular flexibility index (Phi) is 2.10. The van der Waals surface area contributed by atoms with E-state index in [4.69, 9.17) is 23.7 Å².